The second kappa shape index (κ2) is 5.06. The summed E-state index contributed by atoms with van der Waals surface area (Å²) >= 11 is 7.41. The van der Waals surface area contributed by atoms with Gasteiger partial charge in [-0.25, -0.2) is 0 Å². The molecule has 0 bridgehead atoms. The largest absolute Gasteiger partial charge is 0.486 e. The highest BCUT2D eigenvalue weighted by atomic mass is 35.5. The minimum absolute atomic E-state index is 0.338. The van der Waals surface area contributed by atoms with E-state index in [2.05, 4.69) is 0 Å². The molecule has 1 heterocycles. The molecule has 0 aromatic heterocycles. The van der Waals surface area contributed by atoms with Gasteiger partial charge < -0.3 is 15.2 Å². The van der Waals surface area contributed by atoms with Gasteiger partial charge in [-0.1, -0.05) is 11.6 Å². The molecule has 2 rings (SSSR count). The molecule has 1 aliphatic rings. The van der Waals surface area contributed by atoms with Crippen LogP contribution in [0.2, 0.25) is 5.02 Å². The maximum atomic E-state index is 11.0. The fraction of sp³-hybridized carbons (Fsp3) is 0.364. The van der Waals surface area contributed by atoms with Crippen LogP contribution in [-0.4, -0.2) is 24.4 Å². The van der Waals surface area contributed by atoms with Gasteiger partial charge in [0.25, 0.3) is 0 Å². The summed E-state index contributed by atoms with van der Waals surface area (Å²) in [4.78, 5) is 11.8. The van der Waals surface area contributed by atoms with Crippen molar-refractivity contribution in [3.63, 3.8) is 0 Å². The predicted molar refractivity (Wildman–Crippen MR) is 67.0 cm³/mol. The van der Waals surface area contributed by atoms with Crippen molar-refractivity contribution in [2.45, 2.75) is 17.1 Å². The van der Waals surface area contributed by atoms with Crippen molar-refractivity contribution in [2.75, 3.05) is 13.2 Å². The molecular formula is C11H12ClNO3S. The lowest BCUT2D eigenvalue weighted by atomic mass is 10.3. The van der Waals surface area contributed by atoms with Gasteiger partial charge in [-0.2, -0.15) is 0 Å². The zero-order valence-electron chi connectivity index (χ0n) is 9.23. The Balaban J connectivity index is 2.25. The number of hydrogen-bond donors (Lipinski definition) is 1. The second-order valence-corrected chi connectivity index (χ2v) is 5.38. The minimum atomic E-state index is -0.374. The van der Waals surface area contributed by atoms with E-state index in [1.807, 2.05) is 0 Å². The maximum absolute atomic E-state index is 11.0. The van der Waals surface area contributed by atoms with Gasteiger partial charge in [0.1, 0.15) is 13.2 Å². The minimum Gasteiger partial charge on any atom is -0.486 e. The number of amides is 1. The molecule has 1 aromatic rings. The van der Waals surface area contributed by atoms with Crippen LogP contribution >= 0.6 is 23.4 Å². The molecule has 1 atom stereocenters. The highest BCUT2D eigenvalue weighted by Gasteiger charge is 2.18. The van der Waals surface area contributed by atoms with Crippen LogP contribution in [0.3, 0.4) is 0 Å². The zero-order chi connectivity index (χ0) is 12.4. The lowest BCUT2D eigenvalue weighted by Crippen LogP contribution is -2.22. The van der Waals surface area contributed by atoms with Gasteiger partial charge in [0.05, 0.1) is 10.3 Å². The number of rotatable bonds is 3. The smallest absolute Gasteiger partial charge is 0.230 e. The summed E-state index contributed by atoms with van der Waals surface area (Å²) in [6.07, 6.45) is 0. The molecule has 92 valence electrons. The highest BCUT2D eigenvalue weighted by molar-refractivity contribution is 8.00. The topological polar surface area (TPSA) is 61.6 Å². The molecule has 1 amide bonds. The van der Waals surface area contributed by atoms with Gasteiger partial charge in [0.15, 0.2) is 11.5 Å². The van der Waals surface area contributed by atoms with Crippen LogP contribution in [0.15, 0.2) is 17.0 Å². The van der Waals surface area contributed by atoms with Gasteiger partial charge in [0.2, 0.25) is 5.91 Å². The molecule has 1 aromatic carbocycles. The van der Waals surface area contributed by atoms with Gasteiger partial charge >= 0.3 is 0 Å². The molecule has 0 saturated heterocycles. The first-order chi connectivity index (χ1) is 8.08. The molecule has 1 aliphatic heterocycles. The van der Waals surface area contributed by atoms with Crippen molar-refractivity contribution in [1.29, 1.82) is 0 Å². The lowest BCUT2D eigenvalue weighted by Gasteiger charge is -2.20. The van der Waals surface area contributed by atoms with E-state index in [1.54, 1.807) is 19.1 Å². The van der Waals surface area contributed by atoms with Gasteiger partial charge in [-0.3, -0.25) is 4.79 Å². The summed E-state index contributed by atoms with van der Waals surface area (Å²) in [7, 11) is 0. The van der Waals surface area contributed by atoms with Crippen molar-refractivity contribution in [2.24, 2.45) is 5.73 Å². The fourth-order valence-corrected chi connectivity index (χ4v) is 2.52. The van der Waals surface area contributed by atoms with E-state index < -0.39 is 0 Å². The van der Waals surface area contributed by atoms with E-state index in [4.69, 9.17) is 26.8 Å². The Kier molecular flexibility index (Phi) is 3.69. The highest BCUT2D eigenvalue weighted by Crippen LogP contribution is 2.40. The monoisotopic (exact) mass is 273 g/mol. The molecule has 0 fully saturated rings. The van der Waals surface area contributed by atoms with Crippen molar-refractivity contribution in [3.8, 4) is 11.5 Å². The number of carbonyl (C=O) groups is 1. The number of ether oxygens (including phenoxy) is 2. The number of benzene rings is 1. The third kappa shape index (κ3) is 2.79. The van der Waals surface area contributed by atoms with Crippen molar-refractivity contribution in [1.82, 2.24) is 0 Å². The lowest BCUT2D eigenvalue weighted by molar-refractivity contribution is -0.117. The number of halogens is 1. The summed E-state index contributed by atoms with van der Waals surface area (Å²) in [5.41, 5.74) is 5.21. The van der Waals surface area contributed by atoms with Crippen LogP contribution in [0.5, 0.6) is 11.5 Å². The van der Waals surface area contributed by atoms with Crippen LogP contribution in [-0.2, 0) is 4.79 Å². The first-order valence-corrected chi connectivity index (χ1v) is 6.39. The molecule has 0 aliphatic carbocycles. The zero-order valence-corrected chi connectivity index (χ0v) is 10.8. The van der Waals surface area contributed by atoms with E-state index in [-0.39, 0.29) is 11.2 Å². The normalized spacial score (nSPS) is 15.4. The number of primary amides is 1. The van der Waals surface area contributed by atoms with Crippen LogP contribution in [0.1, 0.15) is 6.92 Å². The van der Waals surface area contributed by atoms with Crippen molar-refractivity contribution < 1.29 is 14.3 Å². The average molecular weight is 274 g/mol. The summed E-state index contributed by atoms with van der Waals surface area (Å²) in [6.45, 7) is 2.78. The molecule has 6 heteroatoms. The molecule has 4 nitrogen and oxygen atoms in total. The first-order valence-electron chi connectivity index (χ1n) is 5.13. The number of thioether (sulfide) groups is 1. The molecule has 0 unspecified atom stereocenters. The van der Waals surface area contributed by atoms with Gasteiger partial charge in [-0.15, -0.1) is 11.8 Å². The van der Waals surface area contributed by atoms with Crippen LogP contribution in [0, 0.1) is 0 Å². The standard InChI is InChI=1S/C11H12ClNO3S/c1-6(11(13)14)17-10-5-9-8(4-7(10)12)15-2-3-16-9/h4-6H,2-3H2,1H3,(H2,13,14)/t6-/m1/s1. The number of nitrogens with two attached hydrogens (primary N) is 1. The van der Waals surface area contributed by atoms with E-state index in [0.29, 0.717) is 29.7 Å². The SMILES string of the molecule is C[C@@H](Sc1cc2c(cc1Cl)OCCO2)C(N)=O. The summed E-state index contributed by atoms with van der Waals surface area (Å²) in [5.74, 6) is 0.915. The van der Waals surface area contributed by atoms with E-state index in [9.17, 15) is 4.79 Å². The Bertz CT molecular complexity index is 453. The Hall–Kier alpha value is -1.07. The Morgan fingerprint density at radius 2 is 2.00 bits per heavy atom. The Morgan fingerprint density at radius 3 is 2.59 bits per heavy atom. The van der Waals surface area contributed by atoms with Crippen molar-refractivity contribution >= 4 is 29.3 Å². The molecule has 0 radical (unpaired) electrons. The quantitative estimate of drug-likeness (QED) is 0.857. The van der Waals surface area contributed by atoms with E-state index in [1.165, 1.54) is 11.8 Å². The molecular weight excluding hydrogens is 262 g/mol. The average Bonchev–Trinajstić information content (AvgIpc) is 2.29. The number of hydrogen-bond acceptors (Lipinski definition) is 4. The van der Waals surface area contributed by atoms with Crippen LogP contribution in [0.25, 0.3) is 0 Å². The number of fused-ring (bicyclic) bond motifs is 1. The first kappa shape index (κ1) is 12.4. The number of carbonyl (C=O) groups excluding carboxylic acids is 1. The Labute approximate surface area is 108 Å². The third-order valence-electron chi connectivity index (χ3n) is 2.30. The van der Waals surface area contributed by atoms with Crippen molar-refractivity contribution in [3.05, 3.63) is 17.2 Å². The van der Waals surface area contributed by atoms with E-state index in [0.717, 1.165) is 4.90 Å². The molecule has 17 heavy (non-hydrogen) atoms. The maximum Gasteiger partial charge on any atom is 0.230 e. The molecule has 2 N–H and O–H groups in total. The second-order valence-electron chi connectivity index (χ2n) is 3.59. The summed E-state index contributed by atoms with van der Waals surface area (Å²) < 4.78 is 10.8. The predicted octanol–water partition coefficient (Wildman–Crippen LogP) is 2.08. The van der Waals surface area contributed by atoms with Crippen LogP contribution in [0.4, 0.5) is 0 Å². The van der Waals surface area contributed by atoms with Crippen LogP contribution < -0.4 is 15.2 Å². The molecule has 0 saturated carbocycles. The summed E-state index contributed by atoms with van der Waals surface area (Å²) in [5, 5.41) is 0.197. The Morgan fingerprint density at radius 1 is 1.41 bits per heavy atom. The fourth-order valence-electron chi connectivity index (χ4n) is 1.38. The van der Waals surface area contributed by atoms with E-state index >= 15 is 0 Å². The summed E-state index contributed by atoms with van der Waals surface area (Å²) in [6, 6.07) is 3.48. The van der Waals surface area contributed by atoms with Gasteiger partial charge in [0, 0.05) is 11.0 Å². The third-order valence-corrected chi connectivity index (χ3v) is 3.90. The molecule has 0 spiro atoms. The van der Waals surface area contributed by atoms with Gasteiger partial charge in [-0.05, 0) is 13.0 Å².